The molecule has 0 atom stereocenters. The highest BCUT2D eigenvalue weighted by molar-refractivity contribution is 7.92. The Balaban J connectivity index is 1.84. The fourth-order valence-electron chi connectivity index (χ4n) is 2.31. The maximum absolute atomic E-state index is 12.6. The Morgan fingerprint density at radius 2 is 1.64 bits per heavy atom. The summed E-state index contributed by atoms with van der Waals surface area (Å²) in [6, 6.07) is 15.2. The summed E-state index contributed by atoms with van der Waals surface area (Å²) in [6.45, 7) is 0. The smallest absolute Gasteiger partial charge is 0.262 e. The van der Waals surface area contributed by atoms with Gasteiger partial charge in [0.25, 0.3) is 10.0 Å². The lowest BCUT2D eigenvalue weighted by atomic mass is 10.2. The predicted octanol–water partition coefficient (Wildman–Crippen LogP) is 2.78. The summed E-state index contributed by atoms with van der Waals surface area (Å²) in [6.07, 6.45) is 1.48. The molecule has 0 aliphatic carbocycles. The van der Waals surface area contributed by atoms with Crippen molar-refractivity contribution in [1.82, 2.24) is 4.98 Å². The Kier molecular flexibility index (Phi) is 5.46. The van der Waals surface area contributed by atoms with Crippen LogP contribution in [0.2, 0.25) is 0 Å². The number of hydrogen-bond donors (Lipinski definition) is 2. The third-order valence-corrected chi connectivity index (χ3v) is 5.12. The molecular formula is C19H17N3O5S. The van der Waals surface area contributed by atoms with Crippen molar-refractivity contribution in [3.8, 4) is 17.4 Å². The van der Waals surface area contributed by atoms with Crippen LogP contribution in [0.15, 0.2) is 71.8 Å². The summed E-state index contributed by atoms with van der Waals surface area (Å²) in [4.78, 5) is 15.2. The Hall–Kier alpha value is -3.59. The first-order valence-corrected chi connectivity index (χ1v) is 9.57. The highest BCUT2D eigenvalue weighted by atomic mass is 32.2. The summed E-state index contributed by atoms with van der Waals surface area (Å²) >= 11 is 0. The number of benzene rings is 2. The number of nitrogens with one attached hydrogen (secondary N) is 1. The molecule has 2 aromatic carbocycles. The van der Waals surface area contributed by atoms with Gasteiger partial charge in [-0.25, -0.2) is 13.4 Å². The number of pyridine rings is 1. The van der Waals surface area contributed by atoms with Gasteiger partial charge in [0.2, 0.25) is 11.8 Å². The quantitative estimate of drug-likeness (QED) is 0.630. The Morgan fingerprint density at radius 3 is 2.25 bits per heavy atom. The Bertz CT molecular complexity index is 1080. The van der Waals surface area contributed by atoms with E-state index in [1.54, 1.807) is 37.4 Å². The van der Waals surface area contributed by atoms with Gasteiger partial charge in [-0.2, -0.15) is 0 Å². The van der Waals surface area contributed by atoms with E-state index in [-0.39, 0.29) is 22.0 Å². The molecule has 0 aliphatic heterocycles. The van der Waals surface area contributed by atoms with Crippen molar-refractivity contribution < 1.29 is 22.7 Å². The van der Waals surface area contributed by atoms with Crippen LogP contribution in [0.4, 0.5) is 5.69 Å². The third kappa shape index (κ3) is 4.38. The van der Waals surface area contributed by atoms with Crippen LogP contribution < -0.4 is 19.9 Å². The van der Waals surface area contributed by atoms with Gasteiger partial charge in [0.05, 0.1) is 12.0 Å². The van der Waals surface area contributed by atoms with Crippen LogP contribution in [0.25, 0.3) is 0 Å². The van der Waals surface area contributed by atoms with E-state index in [2.05, 4.69) is 9.71 Å². The zero-order chi connectivity index (χ0) is 20.1. The molecule has 1 amide bonds. The molecule has 0 fully saturated rings. The van der Waals surface area contributed by atoms with Gasteiger partial charge in [-0.3, -0.25) is 9.52 Å². The molecule has 1 aromatic heterocycles. The number of carbonyl (C=O) groups excluding carboxylic acids is 1. The van der Waals surface area contributed by atoms with Gasteiger partial charge in [0, 0.05) is 11.8 Å². The summed E-state index contributed by atoms with van der Waals surface area (Å²) in [5.74, 6) is 0.573. The van der Waals surface area contributed by atoms with Gasteiger partial charge in [0.1, 0.15) is 17.2 Å². The first kappa shape index (κ1) is 19.2. The number of carbonyl (C=O) groups is 1. The molecule has 3 rings (SSSR count). The number of aromatic nitrogens is 1. The fraction of sp³-hybridized carbons (Fsp3) is 0.0526. The van der Waals surface area contributed by atoms with E-state index in [9.17, 15) is 13.2 Å². The van der Waals surface area contributed by atoms with Crippen molar-refractivity contribution in [2.45, 2.75) is 4.90 Å². The van der Waals surface area contributed by atoms with Crippen molar-refractivity contribution in [2.75, 3.05) is 11.8 Å². The van der Waals surface area contributed by atoms with Crippen molar-refractivity contribution in [3.63, 3.8) is 0 Å². The lowest BCUT2D eigenvalue weighted by molar-refractivity contribution is 0.1000. The zero-order valence-electron chi connectivity index (χ0n) is 14.8. The predicted molar refractivity (Wildman–Crippen MR) is 103 cm³/mol. The van der Waals surface area contributed by atoms with E-state index >= 15 is 0 Å². The summed E-state index contributed by atoms with van der Waals surface area (Å²) in [5, 5.41) is 0. The number of rotatable bonds is 7. The number of anilines is 1. The van der Waals surface area contributed by atoms with E-state index in [4.69, 9.17) is 15.2 Å². The molecule has 3 aromatic rings. The Morgan fingerprint density at radius 1 is 1.00 bits per heavy atom. The molecule has 1 heterocycles. The minimum Gasteiger partial charge on any atom is -0.497 e. The number of methoxy groups -OCH3 is 1. The molecule has 3 N–H and O–H groups in total. The van der Waals surface area contributed by atoms with E-state index in [0.717, 1.165) is 0 Å². The molecule has 9 heteroatoms. The van der Waals surface area contributed by atoms with Crippen LogP contribution in [-0.4, -0.2) is 26.4 Å². The van der Waals surface area contributed by atoms with E-state index < -0.39 is 15.9 Å². The van der Waals surface area contributed by atoms with Crippen molar-refractivity contribution >= 4 is 21.6 Å². The Labute approximate surface area is 162 Å². The maximum atomic E-state index is 12.6. The molecule has 0 unspecified atom stereocenters. The summed E-state index contributed by atoms with van der Waals surface area (Å²) in [5.41, 5.74) is 5.55. The molecule has 8 nitrogen and oxygen atoms in total. The minimum atomic E-state index is -3.92. The second-order valence-electron chi connectivity index (χ2n) is 5.63. The van der Waals surface area contributed by atoms with E-state index in [0.29, 0.717) is 11.5 Å². The van der Waals surface area contributed by atoms with E-state index in [1.165, 1.54) is 36.5 Å². The van der Waals surface area contributed by atoms with Crippen LogP contribution in [0.3, 0.4) is 0 Å². The molecule has 0 bridgehead atoms. The average Bonchev–Trinajstić information content (AvgIpc) is 2.70. The molecule has 0 aliphatic rings. The highest BCUT2D eigenvalue weighted by Gasteiger charge is 2.18. The second kappa shape index (κ2) is 7.97. The van der Waals surface area contributed by atoms with E-state index in [1.807, 2.05) is 0 Å². The lowest BCUT2D eigenvalue weighted by Gasteiger charge is -2.12. The molecule has 0 spiro atoms. The minimum absolute atomic E-state index is 0.0308. The van der Waals surface area contributed by atoms with Crippen molar-refractivity contribution in [3.05, 3.63) is 72.4 Å². The summed E-state index contributed by atoms with van der Waals surface area (Å²) in [7, 11) is -2.37. The largest absolute Gasteiger partial charge is 0.497 e. The van der Waals surface area contributed by atoms with Gasteiger partial charge in [-0.05, 0) is 60.7 Å². The van der Waals surface area contributed by atoms with Gasteiger partial charge in [0.15, 0.2) is 0 Å². The van der Waals surface area contributed by atoms with Crippen molar-refractivity contribution in [2.24, 2.45) is 5.73 Å². The second-order valence-corrected chi connectivity index (χ2v) is 7.31. The van der Waals surface area contributed by atoms with Crippen LogP contribution in [0, 0.1) is 0 Å². The van der Waals surface area contributed by atoms with Crippen LogP contribution in [0.1, 0.15) is 10.4 Å². The molecule has 0 radical (unpaired) electrons. The molecule has 28 heavy (non-hydrogen) atoms. The number of hydrogen-bond acceptors (Lipinski definition) is 6. The monoisotopic (exact) mass is 399 g/mol. The number of nitrogens with two attached hydrogens (primary N) is 1. The molecule has 0 saturated heterocycles. The SMILES string of the molecule is COc1ccc(Oc2ncccc2NS(=O)(=O)c2ccc(C(N)=O)cc2)cc1. The van der Waals surface area contributed by atoms with Crippen LogP contribution >= 0.6 is 0 Å². The first-order valence-electron chi connectivity index (χ1n) is 8.08. The van der Waals surface area contributed by atoms with Gasteiger partial charge in [-0.15, -0.1) is 0 Å². The molecule has 0 saturated carbocycles. The summed E-state index contributed by atoms with van der Waals surface area (Å²) < 4.78 is 38.5. The topological polar surface area (TPSA) is 121 Å². The number of amides is 1. The maximum Gasteiger partial charge on any atom is 0.262 e. The standard InChI is InChI=1S/C19H17N3O5S/c1-26-14-6-8-15(9-7-14)27-19-17(3-2-12-21-19)22-28(24,25)16-10-4-13(5-11-16)18(20)23/h2-12,22H,1H3,(H2,20,23). The zero-order valence-corrected chi connectivity index (χ0v) is 15.6. The number of primary amides is 1. The normalized spacial score (nSPS) is 10.9. The molecular weight excluding hydrogens is 382 g/mol. The number of ether oxygens (including phenoxy) is 2. The highest BCUT2D eigenvalue weighted by Crippen LogP contribution is 2.29. The lowest BCUT2D eigenvalue weighted by Crippen LogP contribution is -2.15. The van der Waals surface area contributed by atoms with Crippen molar-refractivity contribution in [1.29, 1.82) is 0 Å². The fourth-order valence-corrected chi connectivity index (χ4v) is 3.36. The van der Waals surface area contributed by atoms with Crippen LogP contribution in [0.5, 0.6) is 17.4 Å². The van der Waals surface area contributed by atoms with Gasteiger partial charge >= 0.3 is 0 Å². The van der Waals surface area contributed by atoms with Crippen LogP contribution in [-0.2, 0) is 10.0 Å². The third-order valence-electron chi connectivity index (χ3n) is 3.74. The molecule has 144 valence electrons. The number of nitrogens with zero attached hydrogens (tertiary/aromatic N) is 1. The average molecular weight is 399 g/mol. The van der Waals surface area contributed by atoms with Gasteiger partial charge < -0.3 is 15.2 Å². The van der Waals surface area contributed by atoms with Gasteiger partial charge in [-0.1, -0.05) is 0 Å². The number of sulfonamides is 1. The first-order chi connectivity index (χ1) is 13.4.